The van der Waals surface area contributed by atoms with Crippen LogP contribution in [0.4, 0.5) is 0 Å². The van der Waals surface area contributed by atoms with Gasteiger partial charge in [-0.15, -0.1) is 0 Å². The predicted octanol–water partition coefficient (Wildman–Crippen LogP) is 5.51. The van der Waals surface area contributed by atoms with Crippen molar-refractivity contribution in [1.82, 2.24) is 10.2 Å². The predicted molar refractivity (Wildman–Crippen MR) is 133 cm³/mol. The van der Waals surface area contributed by atoms with Crippen molar-refractivity contribution in [1.29, 1.82) is 0 Å². The van der Waals surface area contributed by atoms with Crippen molar-refractivity contribution in [3.8, 4) is 0 Å². The van der Waals surface area contributed by atoms with Crippen LogP contribution in [-0.4, -0.2) is 35.3 Å². The number of carbonyl (C=O) groups excluding carboxylic acids is 2. The lowest BCUT2D eigenvalue weighted by molar-refractivity contribution is -0.141. The van der Waals surface area contributed by atoms with Crippen LogP contribution in [0, 0.1) is 0 Å². The highest BCUT2D eigenvalue weighted by Gasteiger charge is 2.28. The molecular formula is C28H40N2O2. The van der Waals surface area contributed by atoms with Gasteiger partial charge in [0.2, 0.25) is 11.8 Å². The van der Waals surface area contributed by atoms with Crippen LogP contribution in [-0.2, 0) is 22.4 Å². The van der Waals surface area contributed by atoms with E-state index in [9.17, 15) is 9.59 Å². The molecular weight excluding hydrogens is 396 g/mol. The summed E-state index contributed by atoms with van der Waals surface area (Å²) in [6.45, 7) is 10.9. The van der Waals surface area contributed by atoms with Gasteiger partial charge in [0.1, 0.15) is 6.04 Å². The summed E-state index contributed by atoms with van der Waals surface area (Å²) in [5.41, 5.74) is 3.63. The minimum absolute atomic E-state index is 0.0417. The molecule has 0 fully saturated rings. The Labute approximate surface area is 194 Å². The normalized spacial score (nSPS) is 12.9. The molecule has 2 aromatic carbocycles. The third kappa shape index (κ3) is 7.81. The Hall–Kier alpha value is -2.62. The number of rotatable bonds is 12. The Morgan fingerprint density at radius 3 is 2.03 bits per heavy atom. The van der Waals surface area contributed by atoms with Gasteiger partial charge >= 0.3 is 0 Å². The van der Waals surface area contributed by atoms with Crippen LogP contribution in [0.15, 0.2) is 54.6 Å². The number of hydrogen-bond acceptors (Lipinski definition) is 2. The lowest BCUT2D eigenvalue weighted by Gasteiger charge is -2.31. The molecule has 0 saturated carbocycles. The topological polar surface area (TPSA) is 49.4 Å². The Morgan fingerprint density at radius 2 is 1.47 bits per heavy atom. The Morgan fingerprint density at radius 1 is 0.844 bits per heavy atom. The van der Waals surface area contributed by atoms with Crippen molar-refractivity contribution < 1.29 is 9.59 Å². The van der Waals surface area contributed by atoms with Gasteiger partial charge in [0, 0.05) is 19.0 Å². The fourth-order valence-corrected chi connectivity index (χ4v) is 3.80. The highest BCUT2D eigenvalue weighted by molar-refractivity contribution is 5.88. The van der Waals surface area contributed by atoms with Crippen molar-refractivity contribution in [2.75, 3.05) is 6.54 Å². The molecule has 2 atom stereocenters. The van der Waals surface area contributed by atoms with Crippen LogP contribution < -0.4 is 5.32 Å². The zero-order chi connectivity index (χ0) is 23.5. The summed E-state index contributed by atoms with van der Waals surface area (Å²) in [4.78, 5) is 28.1. The van der Waals surface area contributed by atoms with E-state index in [0.29, 0.717) is 31.7 Å². The van der Waals surface area contributed by atoms with E-state index in [4.69, 9.17) is 0 Å². The Kier molecular flexibility index (Phi) is 10.5. The van der Waals surface area contributed by atoms with Gasteiger partial charge in [0.15, 0.2) is 0 Å². The maximum Gasteiger partial charge on any atom is 0.243 e. The number of benzene rings is 2. The maximum absolute atomic E-state index is 13.3. The van der Waals surface area contributed by atoms with E-state index >= 15 is 0 Å². The first-order valence-electron chi connectivity index (χ1n) is 12.1. The molecule has 2 rings (SSSR count). The fourth-order valence-electron chi connectivity index (χ4n) is 3.80. The van der Waals surface area contributed by atoms with Crippen LogP contribution >= 0.6 is 0 Å². The standard InChI is InChI=1S/C28H40N2O2/c1-6-22(5)29-28(32)26(7-2)30(20-19-23-11-9-8-10-12-23)27(31)18-15-24-13-16-25(17-14-24)21(3)4/h8-14,16-17,21-22,26H,6-7,15,18-20H2,1-5H3,(H,29,32). The number of nitrogens with zero attached hydrogens (tertiary/aromatic N) is 1. The van der Waals surface area contributed by atoms with Crippen LogP contribution in [0.5, 0.6) is 0 Å². The monoisotopic (exact) mass is 436 g/mol. The molecule has 0 aliphatic heterocycles. The molecule has 0 heterocycles. The summed E-state index contributed by atoms with van der Waals surface area (Å²) in [7, 11) is 0. The highest BCUT2D eigenvalue weighted by atomic mass is 16.2. The molecule has 2 amide bonds. The zero-order valence-electron chi connectivity index (χ0n) is 20.4. The quantitative estimate of drug-likeness (QED) is 0.477. The SMILES string of the molecule is CCC(C)NC(=O)C(CC)N(CCc1ccccc1)C(=O)CCc1ccc(C(C)C)cc1. The second kappa shape index (κ2) is 13.0. The summed E-state index contributed by atoms with van der Waals surface area (Å²) >= 11 is 0. The molecule has 0 radical (unpaired) electrons. The van der Waals surface area contributed by atoms with Crippen molar-refractivity contribution in [2.24, 2.45) is 0 Å². The lowest BCUT2D eigenvalue weighted by atomic mass is 10.00. The summed E-state index contributed by atoms with van der Waals surface area (Å²) in [5, 5.41) is 3.07. The van der Waals surface area contributed by atoms with Crippen molar-refractivity contribution in [3.63, 3.8) is 0 Å². The number of carbonyl (C=O) groups is 2. The minimum Gasteiger partial charge on any atom is -0.352 e. The molecule has 0 spiro atoms. The van der Waals surface area contributed by atoms with Gasteiger partial charge in [-0.3, -0.25) is 9.59 Å². The van der Waals surface area contributed by atoms with E-state index in [2.05, 4.69) is 62.5 Å². The molecule has 0 aliphatic carbocycles. The first-order chi connectivity index (χ1) is 15.3. The minimum atomic E-state index is -0.441. The summed E-state index contributed by atoms with van der Waals surface area (Å²) in [6.07, 6.45) is 3.30. The van der Waals surface area contributed by atoms with Crippen molar-refractivity contribution in [3.05, 3.63) is 71.3 Å². The van der Waals surface area contributed by atoms with Crippen LogP contribution in [0.2, 0.25) is 0 Å². The van der Waals surface area contributed by atoms with E-state index in [0.717, 1.165) is 18.4 Å². The van der Waals surface area contributed by atoms with Crippen LogP contribution in [0.1, 0.15) is 76.5 Å². The van der Waals surface area contributed by atoms with E-state index in [-0.39, 0.29) is 17.9 Å². The van der Waals surface area contributed by atoms with Crippen molar-refractivity contribution >= 4 is 11.8 Å². The van der Waals surface area contributed by atoms with E-state index in [1.165, 1.54) is 11.1 Å². The highest BCUT2D eigenvalue weighted by Crippen LogP contribution is 2.17. The number of aryl methyl sites for hydroxylation is 1. The summed E-state index contributed by atoms with van der Waals surface area (Å²) < 4.78 is 0. The molecule has 0 aliphatic rings. The van der Waals surface area contributed by atoms with Gasteiger partial charge < -0.3 is 10.2 Å². The molecule has 0 bridgehead atoms. The molecule has 1 N–H and O–H groups in total. The second-order valence-corrected chi connectivity index (χ2v) is 8.96. The van der Waals surface area contributed by atoms with Gasteiger partial charge in [-0.05, 0) is 55.2 Å². The molecule has 0 aromatic heterocycles. The van der Waals surface area contributed by atoms with Crippen molar-refractivity contribution in [2.45, 2.75) is 84.7 Å². The first kappa shape index (κ1) is 25.6. The first-order valence-corrected chi connectivity index (χ1v) is 12.1. The third-order valence-electron chi connectivity index (χ3n) is 6.15. The van der Waals surface area contributed by atoms with Crippen LogP contribution in [0.25, 0.3) is 0 Å². The Bertz CT molecular complexity index is 830. The number of amides is 2. The molecule has 2 unspecified atom stereocenters. The average Bonchev–Trinajstić information content (AvgIpc) is 2.80. The molecule has 0 saturated heterocycles. The smallest absolute Gasteiger partial charge is 0.243 e. The number of nitrogens with one attached hydrogen (secondary N) is 1. The zero-order valence-corrected chi connectivity index (χ0v) is 20.4. The average molecular weight is 437 g/mol. The summed E-state index contributed by atoms with van der Waals surface area (Å²) in [6, 6.07) is 18.3. The maximum atomic E-state index is 13.3. The van der Waals surface area contributed by atoms with E-state index in [1.807, 2.05) is 32.0 Å². The van der Waals surface area contributed by atoms with Gasteiger partial charge in [0.05, 0.1) is 0 Å². The van der Waals surface area contributed by atoms with E-state index in [1.54, 1.807) is 4.90 Å². The summed E-state index contributed by atoms with van der Waals surface area (Å²) in [5.74, 6) is 0.484. The van der Waals surface area contributed by atoms with Crippen LogP contribution in [0.3, 0.4) is 0 Å². The lowest BCUT2D eigenvalue weighted by Crippen LogP contribution is -2.51. The van der Waals surface area contributed by atoms with Gasteiger partial charge in [-0.2, -0.15) is 0 Å². The molecule has 4 heteroatoms. The second-order valence-electron chi connectivity index (χ2n) is 8.96. The van der Waals surface area contributed by atoms with Gasteiger partial charge in [-0.25, -0.2) is 0 Å². The molecule has 32 heavy (non-hydrogen) atoms. The van der Waals surface area contributed by atoms with Gasteiger partial charge in [0.25, 0.3) is 0 Å². The molecule has 174 valence electrons. The fraction of sp³-hybridized carbons (Fsp3) is 0.500. The molecule has 2 aromatic rings. The third-order valence-corrected chi connectivity index (χ3v) is 6.15. The van der Waals surface area contributed by atoms with Gasteiger partial charge in [-0.1, -0.05) is 82.3 Å². The molecule has 4 nitrogen and oxygen atoms in total. The Balaban J connectivity index is 2.11. The largest absolute Gasteiger partial charge is 0.352 e. The number of hydrogen-bond donors (Lipinski definition) is 1. The van der Waals surface area contributed by atoms with E-state index < -0.39 is 6.04 Å².